The predicted molar refractivity (Wildman–Crippen MR) is 107 cm³/mol. The number of benzene rings is 2. The van der Waals surface area contributed by atoms with Crippen molar-refractivity contribution < 1.29 is 22.9 Å². The molecule has 1 saturated heterocycles. The second-order valence-electron chi connectivity index (χ2n) is 6.22. The van der Waals surface area contributed by atoms with Crippen molar-refractivity contribution in [3.63, 3.8) is 0 Å². The van der Waals surface area contributed by atoms with Crippen LogP contribution in [-0.4, -0.2) is 49.9 Å². The van der Waals surface area contributed by atoms with Crippen molar-refractivity contribution in [1.82, 2.24) is 4.31 Å². The van der Waals surface area contributed by atoms with Gasteiger partial charge in [-0.15, -0.1) is 0 Å². The molecule has 2 aromatic rings. The Morgan fingerprint density at radius 3 is 2.48 bits per heavy atom. The Morgan fingerprint density at radius 2 is 1.83 bits per heavy atom. The van der Waals surface area contributed by atoms with Gasteiger partial charge in [-0.25, -0.2) is 8.42 Å². The number of sulfonamides is 1. The number of hydrogen-bond donors (Lipinski definition) is 1. The van der Waals surface area contributed by atoms with Gasteiger partial charge in [-0.2, -0.15) is 4.31 Å². The smallest absolute Gasteiger partial charge is 0.271 e. The van der Waals surface area contributed by atoms with Crippen LogP contribution >= 0.6 is 0 Å². The maximum absolute atomic E-state index is 12.6. The number of morpholine rings is 1. The zero-order valence-corrected chi connectivity index (χ0v) is 16.2. The van der Waals surface area contributed by atoms with Gasteiger partial charge in [-0.3, -0.25) is 14.9 Å². The van der Waals surface area contributed by atoms with Crippen LogP contribution in [0, 0.1) is 10.1 Å². The van der Waals surface area contributed by atoms with Crippen molar-refractivity contribution in [2.75, 3.05) is 31.6 Å². The first-order valence-electron chi connectivity index (χ1n) is 8.78. The molecule has 2 aromatic carbocycles. The summed E-state index contributed by atoms with van der Waals surface area (Å²) in [4.78, 5) is 22.4. The minimum absolute atomic E-state index is 0.121. The molecule has 0 radical (unpaired) electrons. The molecule has 0 spiro atoms. The van der Waals surface area contributed by atoms with E-state index in [0.29, 0.717) is 37.6 Å². The molecule has 10 heteroatoms. The fourth-order valence-electron chi connectivity index (χ4n) is 2.74. The summed E-state index contributed by atoms with van der Waals surface area (Å²) >= 11 is 0. The second kappa shape index (κ2) is 8.95. The zero-order chi connectivity index (χ0) is 20.9. The minimum atomic E-state index is -3.57. The highest BCUT2D eigenvalue weighted by molar-refractivity contribution is 7.89. The molecule has 0 aromatic heterocycles. The molecule has 1 amide bonds. The van der Waals surface area contributed by atoms with Gasteiger partial charge in [0.05, 0.1) is 23.0 Å². The van der Waals surface area contributed by atoms with Gasteiger partial charge in [-0.05, 0) is 29.8 Å². The number of nitrogens with one attached hydrogen (secondary N) is 1. The molecule has 29 heavy (non-hydrogen) atoms. The quantitative estimate of drug-likeness (QED) is 0.437. The number of nitrogens with zero attached hydrogens (tertiary/aromatic N) is 2. The Kier molecular flexibility index (Phi) is 6.37. The van der Waals surface area contributed by atoms with E-state index in [-0.39, 0.29) is 10.6 Å². The van der Waals surface area contributed by atoms with E-state index in [1.807, 2.05) is 0 Å². The van der Waals surface area contributed by atoms with Crippen LogP contribution in [0.1, 0.15) is 5.56 Å². The van der Waals surface area contributed by atoms with Crippen LogP contribution in [-0.2, 0) is 19.6 Å². The van der Waals surface area contributed by atoms with Crippen LogP contribution in [0.2, 0.25) is 0 Å². The molecule has 0 saturated carbocycles. The molecular formula is C19H19N3O6S. The third-order valence-electron chi connectivity index (χ3n) is 4.24. The molecular weight excluding hydrogens is 398 g/mol. The van der Waals surface area contributed by atoms with Crippen molar-refractivity contribution in [2.24, 2.45) is 0 Å². The number of nitro benzene ring substituents is 1. The lowest BCUT2D eigenvalue weighted by molar-refractivity contribution is -0.384. The fraction of sp³-hybridized carbons (Fsp3) is 0.211. The van der Waals surface area contributed by atoms with E-state index in [4.69, 9.17) is 4.74 Å². The van der Waals surface area contributed by atoms with Crippen LogP contribution in [0.5, 0.6) is 0 Å². The van der Waals surface area contributed by atoms with Crippen molar-refractivity contribution >= 4 is 33.4 Å². The molecule has 1 aliphatic heterocycles. The molecule has 0 unspecified atom stereocenters. The number of amides is 1. The van der Waals surface area contributed by atoms with Crippen molar-refractivity contribution in [3.8, 4) is 0 Å². The van der Waals surface area contributed by atoms with Gasteiger partial charge < -0.3 is 10.1 Å². The van der Waals surface area contributed by atoms with Crippen LogP contribution in [0.15, 0.2) is 59.5 Å². The molecule has 9 nitrogen and oxygen atoms in total. The topological polar surface area (TPSA) is 119 Å². The number of nitro groups is 1. The molecule has 3 rings (SSSR count). The summed E-state index contributed by atoms with van der Waals surface area (Å²) in [6.07, 6.45) is 2.79. The average Bonchev–Trinajstić information content (AvgIpc) is 2.73. The van der Waals surface area contributed by atoms with Gasteiger partial charge in [-0.1, -0.05) is 18.2 Å². The Bertz CT molecular complexity index is 1030. The molecule has 1 heterocycles. The van der Waals surface area contributed by atoms with Crippen molar-refractivity contribution in [3.05, 3.63) is 70.3 Å². The number of anilines is 1. The van der Waals surface area contributed by atoms with Crippen molar-refractivity contribution in [2.45, 2.75) is 4.90 Å². The van der Waals surface area contributed by atoms with E-state index in [0.717, 1.165) is 0 Å². The van der Waals surface area contributed by atoms with Gasteiger partial charge in [0.2, 0.25) is 15.9 Å². The Morgan fingerprint density at radius 1 is 1.14 bits per heavy atom. The van der Waals surface area contributed by atoms with E-state index < -0.39 is 20.9 Å². The maximum Gasteiger partial charge on any atom is 0.271 e. The Labute approximate surface area is 167 Å². The number of carbonyl (C=O) groups is 1. The van der Waals surface area contributed by atoms with Gasteiger partial charge >= 0.3 is 0 Å². The average molecular weight is 417 g/mol. The molecule has 0 aliphatic carbocycles. The normalized spacial score (nSPS) is 15.3. The number of carbonyl (C=O) groups excluding carboxylic acids is 1. The lowest BCUT2D eigenvalue weighted by Crippen LogP contribution is -2.40. The molecule has 152 valence electrons. The van der Waals surface area contributed by atoms with Gasteiger partial charge in [0, 0.05) is 37.0 Å². The van der Waals surface area contributed by atoms with Gasteiger partial charge in [0.1, 0.15) is 0 Å². The van der Waals surface area contributed by atoms with E-state index in [9.17, 15) is 23.3 Å². The summed E-state index contributed by atoms with van der Waals surface area (Å²) < 4.78 is 31.7. The van der Waals surface area contributed by atoms with E-state index in [2.05, 4.69) is 5.32 Å². The van der Waals surface area contributed by atoms with Crippen molar-refractivity contribution in [1.29, 1.82) is 0 Å². The third kappa shape index (κ3) is 5.25. The molecule has 1 N–H and O–H groups in total. The first-order chi connectivity index (χ1) is 13.9. The molecule has 1 aliphatic rings. The fourth-order valence-corrected chi connectivity index (χ4v) is 4.15. The Hall–Kier alpha value is -3.08. The van der Waals surface area contributed by atoms with Crippen LogP contribution in [0.4, 0.5) is 11.4 Å². The first-order valence-corrected chi connectivity index (χ1v) is 10.2. The largest absolute Gasteiger partial charge is 0.379 e. The SMILES string of the molecule is O=C(/C=C/c1ccc(S(=O)(=O)N2CCOCC2)cc1)Nc1cccc([N+](=O)[O-])c1. The lowest BCUT2D eigenvalue weighted by Gasteiger charge is -2.26. The maximum atomic E-state index is 12.6. The highest BCUT2D eigenvalue weighted by Gasteiger charge is 2.25. The number of non-ortho nitro benzene ring substituents is 1. The summed E-state index contributed by atoms with van der Waals surface area (Å²) in [5.74, 6) is -0.462. The van der Waals surface area contributed by atoms with E-state index in [1.165, 1.54) is 46.8 Å². The minimum Gasteiger partial charge on any atom is -0.379 e. The van der Waals surface area contributed by atoms with Gasteiger partial charge in [0.25, 0.3) is 5.69 Å². The Balaban J connectivity index is 1.64. The number of ether oxygens (including phenoxy) is 1. The zero-order valence-electron chi connectivity index (χ0n) is 15.4. The number of rotatable bonds is 6. The molecule has 0 atom stereocenters. The van der Waals surface area contributed by atoms with Crippen LogP contribution in [0.25, 0.3) is 6.08 Å². The van der Waals surface area contributed by atoms with Gasteiger partial charge in [0.15, 0.2) is 0 Å². The highest BCUT2D eigenvalue weighted by atomic mass is 32.2. The third-order valence-corrected chi connectivity index (χ3v) is 6.15. The summed E-state index contributed by atoms with van der Waals surface area (Å²) in [6.45, 7) is 1.39. The van der Waals surface area contributed by atoms with Crippen LogP contribution in [0.3, 0.4) is 0 Å². The predicted octanol–water partition coefficient (Wildman–Crippen LogP) is 2.27. The first kappa shape index (κ1) is 20.6. The monoisotopic (exact) mass is 417 g/mol. The lowest BCUT2D eigenvalue weighted by atomic mass is 10.2. The summed E-state index contributed by atoms with van der Waals surface area (Å²) in [5, 5.41) is 13.3. The second-order valence-corrected chi connectivity index (χ2v) is 8.15. The highest BCUT2D eigenvalue weighted by Crippen LogP contribution is 2.19. The number of hydrogen-bond acceptors (Lipinski definition) is 6. The summed E-state index contributed by atoms with van der Waals surface area (Å²) in [7, 11) is -3.57. The summed E-state index contributed by atoms with van der Waals surface area (Å²) in [6, 6.07) is 11.8. The van der Waals surface area contributed by atoms with E-state index >= 15 is 0 Å². The van der Waals surface area contributed by atoms with Crippen LogP contribution < -0.4 is 5.32 Å². The molecule has 0 bridgehead atoms. The molecule has 1 fully saturated rings. The standard InChI is InChI=1S/C19H19N3O6S/c23-19(20-16-2-1-3-17(14-16)22(24)25)9-6-15-4-7-18(8-5-15)29(26,27)21-10-12-28-13-11-21/h1-9,14H,10-13H2,(H,20,23)/b9-6+. The van der Waals surface area contributed by atoms with E-state index in [1.54, 1.807) is 18.2 Å². The summed E-state index contributed by atoms with van der Waals surface area (Å²) in [5.41, 5.74) is 0.824.